The van der Waals surface area contributed by atoms with E-state index in [0.29, 0.717) is 18.5 Å². The maximum Gasteiger partial charge on any atom is 0.191 e. The molecule has 1 aliphatic heterocycles. The highest BCUT2D eigenvalue weighted by Crippen LogP contribution is 2.16. The van der Waals surface area contributed by atoms with E-state index in [9.17, 15) is 9.50 Å². The van der Waals surface area contributed by atoms with Crippen molar-refractivity contribution in [1.29, 1.82) is 0 Å². The first-order chi connectivity index (χ1) is 13.5. The first kappa shape index (κ1) is 23.4. The number of halogens is 2. The third kappa shape index (κ3) is 7.15. The molecule has 0 atom stereocenters. The molecule has 0 aliphatic carbocycles. The number of nitrogens with one attached hydrogen (secondary N) is 2. The van der Waals surface area contributed by atoms with Crippen molar-refractivity contribution < 1.29 is 9.50 Å². The molecule has 0 spiro atoms. The quantitative estimate of drug-likeness (QED) is 0.324. The molecule has 3 rings (SSSR count). The standard InChI is InChI=1S/C22H29FN4O.HI/c1-16-4-3-5-18(12-16)15-27-10-8-19(9-11-27)26-22(24-2)25-14-17-6-7-21(28)20(23)13-17;/h3-7,12-13,19,28H,8-11,14-15H2,1-2H3,(H2,24,25,26);1H. The topological polar surface area (TPSA) is 59.9 Å². The van der Waals surface area contributed by atoms with Gasteiger partial charge >= 0.3 is 0 Å². The fourth-order valence-electron chi connectivity index (χ4n) is 3.54. The lowest BCUT2D eigenvalue weighted by atomic mass is 10.0. The van der Waals surface area contributed by atoms with Gasteiger partial charge in [0.05, 0.1) is 0 Å². The SMILES string of the molecule is CN=C(NCc1ccc(O)c(F)c1)NC1CCN(Cc2cccc(C)c2)CC1.I. The second-order valence-corrected chi connectivity index (χ2v) is 7.40. The van der Waals surface area contributed by atoms with Crippen LogP contribution in [0.4, 0.5) is 4.39 Å². The van der Waals surface area contributed by atoms with Gasteiger partial charge in [0.2, 0.25) is 0 Å². The lowest BCUT2D eigenvalue weighted by Crippen LogP contribution is -2.48. The zero-order valence-electron chi connectivity index (χ0n) is 17.0. The van der Waals surface area contributed by atoms with E-state index in [4.69, 9.17) is 0 Å². The first-order valence-corrected chi connectivity index (χ1v) is 9.76. The van der Waals surface area contributed by atoms with Gasteiger partial charge < -0.3 is 15.7 Å². The average Bonchev–Trinajstić information content (AvgIpc) is 2.69. The van der Waals surface area contributed by atoms with Crippen molar-refractivity contribution in [3.63, 3.8) is 0 Å². The number of aliphatic imine (C=N–C) groups is 1. The Hall–Kier alpha value is -1.87. The van der Waals surface area contributed by atoms with Crippen molar-refractivity contribution in [3.8, 4) is 5.75 Å². The van der Waals surface area contributed by atoms with Crippen molar-refractivity contribution in [2.45, 2.75) is 38.9 Å². The van der Waals surface area contributed by atoms with Crippen molar-refractivity contribution in [2.24, 2.45) is 4.99 Å². The van der Waals surface area contributed by atoms with Gasteiger partial charge in [0, 0.05) is 39.3 Å². The highest BCUT2D eigenvalue weighted by molar-refractivity contribution is 14.0. The van der Waals surface area contributed by atoms with Crippen LogP contribution >= 0.6 is 24.0 Å². The fourth-order valence-corrected chi connectivity index (χ4v) is 3.54. The molecule has 1 saturated heterocycles. The summed E-state index contributed by atoms with van der Waals surface area (Å²) >= 11 is 0. The number of benzene rings is 2. The number of rotatable bonds is 5. The molecule has 0 aromatic heterocycles. The Balaban J connectivity index is 0.00000300. The molecule has 0 bridgehead atoms. The molecule has 7 heteroatoms. The summed E-state index contributed by atoms with van der Waals surface area (Å²) in [7, 11) is 1.74. The summed E-state index contributed by atoms with van der Waals surface area (Å²) in [6, 6.07) is 13.5. The predicted molar refractivity (Wildman–Crippen MR) is 126 cm³/mol. The van der Waals surface area contributed by atoms with Crippen LogP contribution in [0.25, 0.3) is 0 Å². The molecule has 0 amide bonds. The van der Waals surface area contributed by atoms with Gasteiger partial charge in [-0.1, -0.05) is 35.9 Å². The van der Waals surface area contributed by atoms with E-state index in [-0.39, 0.29) is 29.7 Å². The monoisotopic (exact) mass is 512 g/mol. The molecule has 1 heterocycles. The average molecular weight is 512 g/mol. The van der Waals surface area contributed by atoms with Crippen LogP contribution in [0.15, 0.2) is 47.5 Å². The zero-order valence-corrected chi connectivity index (χ0v) is 19.3. The van der Waals surface area contributed by atoms with E-state index >= 15 is 0 Å². The Morgan fingerprint density at radius 2 is 1.93 bits per heavy atom. The summed E-state index contributed by atoms with van der Waals surface area (Å²) < 4.78 is 13.4. The van der Waals surface area contributed by atoms with E-state index in [1.165, 1.54) is 23.3 Å². The van der Waals surface area contributed by atoms with Gasteiger partial charge in [-0.05, 0) is 43.0 Å². The summed E-state index contributed by atoms with van der Waals surface area (Å²) in [4.78, 5) is 6.76. The Kier molecular flexibility index (Phi) is 9.16. The van der Waals surface area contributed by atoms with E-state index in [1.807, 2.05) is 0 Å². The Morgan fingerprint density at radius 1 is 1.17 bits per heavy atom. The lowest BCUT2D eigenvalue weighted by Gasteiger charge is -2.33. The minimum Gasteiger partial charge on any atom is -0.505 e. The number of piperidine rings is 1. The Labute approximate surface area is 189 Å². The van der Waals surface area contributed by atoms with Crippen LogP contribution in [0.3, 0.4) is 0 Å². The Morgan fingerprint density at radius 3 is 2.59 bits per heavy atom. The molecule has 2 aromatic rings. The molecule has 158 valence electrons. The minimum atomic E-state index is -0.608. The molecule has 1 aliphatic rings. The third-order valence-electron chi connectivity index (χ3n) is 5.11. The van der Waals surface area contributed by atoms with Gasteiger partial charge in [-0.2, -0.15) is 0 Å². The number of phenols is 1. The molecule has 29 heavy (non-hydrogen) atoms. The second kappa shape index (κ2) is 11.3. The summed E-state index contributed by atoms with van der Waals surface area (Å²) in [6.07, 6.45) is 2.11. The number of aromatic hydroxyl groups is 1. The van der Waals surface area contributed by atoms with Crippen molar-refractivity contribution in [1.82, 2.24) is 15.5 Å². The summed E-state index contributed by atoms with van der Waals surface area (Å²) in [5.74, 6) is -0.225. The second-order valence-electron chi connectivity index (χ2n) is 7.40. The predicted octanol–water partition coefficient (Wildman–Crippen LogP) is 3.79. The van der Waals surface area contributed by atoms with Gasteiger partial charge in [0.25, 0.3) is 0 Å². The lowest BCUT2D eigenvalue weighted by molar-refractivity contribution is 0.198. The van der Waals surface area contributed by atoms with Crippen LogP contribution in [-0.4, -0.2) is 42.1 Å². The van der Waals surface area contributed by atoms with Crippen LogP contribution in [0.1, 0.15) is 29.5 Å². The minimum absolute atomic E-state index is 0. The number of hydrogen-bond acceptors (Lipinski definition) is 3. The van der Waals surface area contributed by atoms with E-state index in [1.54, 1.807) is 13.1 Å². The van der Waals surface area contributed by atoms with E-state index in [2.05, 4.69) is 51.7 Å². The molecular formula is C22H30FIN4O. The summed E-state index contributed by atoms with van der Waals surface area (Å²) in [5, 5.41) is 16.0. The van der Waals surface area contributed by atoms with E-state index < -0.39 is 5.82 Å². The Bertz CT molecular complexity index is 822. The maximum absolute atomic E-state index is 13.4. The zero-order chi connectivity index (χ0) is 19.9. The number of guanidine groups is 1. The highest BCUT2D eigenvalue weighted by atomic mass is 127. The number of aryl methyl sites for hydroxylation is 1. The largest absolute Gasteiger partial charge is 0.505 e. The molecule has 2 aromatic carbocycles. The van der Waals surface area contributed by atoms with Gasteiger partial charge in [-0.25, -0.2) is 4.39 Å². The van der Waals surface area contributed by atoms with Crippen molar-refractivity contribution >= 4 is 29.9 Å². The van der Waals surface area contributed by atoms with Crippen LogP contribution in [0, 0.1) is 12.7 Å². The van der Waals surface area contributed by atoms with Crippen LogP contribution in [0.2, 0.25) is 0 Å². The van der Waals surface area contributed by atoms with Gasteiger partial charge in [-0.3, -0.25) is 9.89 Å². The number of likely N-dealkylation sites (tertiary alicyclic amines) is 1. The molecule has 3 N–H and O–H groups in total. The van der Waals surface area contributed by atoms with Crippen molar-refractivity contribution in [2.75, 3.05) is 20.1 Å². The van der Waals surface area contributed by atoms with Gasteiger partial charge in [0.15, 0.2) is 17.5 Å². The molecule has 0 saturated carbocycles. The summed E-state index contributed by atoms with van der Waals surface area (Å²) in [5.41, 5.74) is 3.42. The van der Waals surface area contributed by atoms with Gasteiger partial charge in [-0.15, -0.1) is 24.0 Å². The van der Waals surface area contributed by atoms with E-state index in [0.717, 1.165) is 38.0 Å². The molecular weight excluding hydrogens is 482 g/mol. The number of hydrogen-bond donors (Lipinski definition) is 3. The van der Waals surface area contributed by atoms with Crippen LogP contribution in [0.5, 0.6) is 5.75 Å². The fraction of sp³-hybridized carbons (Fsp3) is 0.409. The molecule has 1 fully saturated rings. The number of phenolic OH excluding ortho intramolecular Hbond substituents is 1. The molecule has 0 radical (unpaired) electrons. The maximum atomic E-state index is 13.4. The van der Waals surface area contributed by atoms with Crippen LogP contribution < -0.4 is 10.6 Å². The smallest absolute Gasteiger partial charge is 0.191 e. The highest BCUT2D eigenvalue weighted by Gasteiger charge is 2.20. The molecule has 5 nitrogen and oxygen atoms in total. The third-order valence-corrected chi connectivity index (χ3v) is 5.11. The normalized spacial score (nSPS) is 15.6. The first-order valence-electron chi connectivity index (χ1n) is 9.76. The number of nitrogens with zero attached hydrogens (tertiary/aromatic N) is 2. The molecule has 0 unspecified atom stereocenters. The van der Waals surface area contributed by atoms with Crippen molar-refractivity contribution in [3.05, 3.63) is 65.0 Å². The van der Waals surface area contributed by atoms with Crippen LogP contribution in [-0.2, 0) is 13.1 Å². The summed E-state index contributed by atoms with van der Waals surface area (Å²) in [6.45, 7) is 5.67. The van der Waals surface area contributed by atoms with Gasteiger partial charge in [0.1, 0.15) is 0 Å².